The zero-order chi connectivity index (χ0) is 15.5. The van der Waals surface area contributed by atoms with Gasteiger partial charge in [0.15, 0.2) is 6.10 Å². The van der Waals surface area contributed by atoms with Gasteiger partial charge in [0.05, 0.1) is 0 Å². The van der Waals surface area contributed by atoms with Crippen LogP contribution in [0.4, 0.5) is 0 Å². The lowest BCUT2D eigenvalue weighted by Gasteiger charge is -2.19. The van der Waals surface area contributed by atoms with Crippen molar-refractivity contribution in [1.82, 2.24) is 5.32 Å². The molecule has 2 aromatic carbocycles. The van der Waals surface area contributed by atoms with Gasteiger partial charge in [0.25, 0.3) is 5.91 Å². The molecule has 0 unspecified atom stereocenters. The predicted octanol–water partition coefficient (Wildman–Crippen LogP) is 4.32. The molecule has 0 radical (unpaired) electrons. The van der Waals surface area contributed by atoms with Crippen molar-refractivity contribution in [2.24, 2.45) is 0 Å². The van der Waals surface area contributed by atoms with E-state index in [2.05, 4.69) is 5.32 Å². The quantitative estimate of drug-likeness (QED) is 0.912. The van der Waals surface area contributed by atoms with E-state index in [-0.39, 0.29) is 5.91 Å². The molecule has 0 saturated heterocycles. The Morgan fingerprint density at radius 3 is 2.59 bits per heavy atom. The van der Waals surface area contributed by atoms with Gasteiger partial charge in [0.1, 0.15) is 5.75 Å². The minimum atomic E-state index is -0.523. The highest BCUT2D eigenvalue weighted by molar-refractivity contribution is 6.35. The van der Waals surface area contributed by atoms with Gasteiger partial charge in [-0.1, -0.05) is 48.7 Å². The maximum absolute atomic E-state index is 12.2. The van der Waals surface area contributed by atoms with E-state index in [0.717, 1.165) is 23.6 Å². The molecule has 0 heterocycles. The SMILES string of the molecule is C[C@@H](Oc1ccc(Cl)c2ccccc12)C(=O)NC1CCCC1. The molecule has 0 aliphatic heterocycles. The molecule has 0 aromatic heterocycles. The molecule has 1 aliphatic carbocycles. The summed E-state index contributed by atoms with van der Waals surface area (Å²) in [6.07, 6.45) is 4.01. The topological polar surface area (TPSA) is 38.3 Å². The Labute approximate surface area is 135 Å². The van der Waals surface area contributed by atoms with E-state index in [4.69, 9.17) is 16.3 Å². The first kappa shape index (κ1) is 15.2. The van der Waals surface area contributed by atoms with Gasteiger partial charge in [0, 0.05) is 21.8 Å². The largest absolute Gasteiger partial charge is 0.480 e. The zero-order valence-electron chi connectivity index (χ0n) is 12.6. The van der Waals surface area contributed by atoms with E-state index in [9.17, 15) is 4.79 Å². The van der Waals surface area contributed by atoms with Crippen molar-refractivity contribution in [1.29, 1.82) is 0 Å². The maximum atomic E-state index is 12.2. The van der Waals surface area contributed by atoms with Gasteiger partial charge >= 0.3 is 0 Å². The van der Waals surface area contributed by atoms with Crippen LogP contribution in [-0.2, 0) is 4.79 Å². The van der Waals surface area contributed by atoms with Crippen LogP contribution in [0.3, 0.4) is 0 Å². The summed E-state index contributed by atoms with van der Waals surface area (Å²) in [5, 5.41) is 5.62. The van der Waals surface area contributed by atoms with Gasteiger partial charge in [-0.05, 0) is 31.9 Å². The second-order valence-corrected chi connectivity index (χ2v) is 6.25. The summed E-state index contributed by atoms with van der Waals surface area (Å²) in [7, 11) is 0. The number of fused-ring (bicyclic) bond motifs is 1. The van der Waals surface area contributed by atoms with Crippen molar-refractivity contribution in [2.75, 3.05) is 0 Å². The Kier molecular flexibility index (Phi) is 4.53. The Hall–Kier alpha value is -1.74. The number of ether oxygens (including phenoxy) is 1. The maximum Gasteiger partial charge on any atom is 0.260 e. The highest BCUT2D eigenvalue weighted by Gasteiger charge is 2.22. The zero-order valence-corrected chi connectivity index (χ0v) is 13.4. The summed E-state index contributed by atoms with van der Waals surface area (Å²) in [5.41, 5.74) is 0. The predicted molar refractivity (Wildman–Crippen MR) is 89.4 cm³/mol. The van der Waals surface area contributed by atoms with Crippen LogP contribution in [0.15, 0.2) is 36.4 Å². The molecule has 2 aromatic rings. The van der Waals surface area contributed by atoms with Gasteiger partial charge in [-0.15, -0.1) is 0 Å². The van der Waals surface area contributed by atoms with Crippen LogP contribution in [-0.4, -0.2) is 18.1 Å². The van der Waals surface area contributed by atoms with Crippen LogP contribution in [0.25, 0.3) is 10.8 Å². The Morgan fingerprint density at radius 1 is 1.18 bits per heavy atom. The third-order valence-electron chi connectivity index (χ3n) is 4.21. The molecule has 22 heavy (non-hydrogen) atoms. The van der Waals surface area contributed by atoms with Gasteiger partial charge in [0.2, 0.25) is 0 Å². The molecule has 1 amide bonds. The second kappa shape index (κ2) is 6.57. The van der Waals surface area contributed by atoms with Crippen molar-refractivity contribution < 1.29 is 9.53 Å². The lowest BCUT2D eigenvalue weighted by molar-refractivity contribution is -0.127. The highest BCUT2D eigenvalue weighted by atomic mass is 35.5. The fourth-order valence-corrected chi connectivity index (χ4v) is 3.20. The molecule has 1 fully saturated rings. The van der Waals surface area contributed by atoms with Crippen LogP contribution in [0, 0.1) is 0 Å². The number of amides is 1. The van der Waals surface area contributed by atoms with Gasteiger partial charge in [-0.2, -0.15) is 0 Å². The van der Waals surface area contributed by atoms with E-state index < -0.39 is 6.10 Å². The molecule has 1 atom stereocenters. The van der Waals surface area contributed by atoms with Crippen molar-refractivity contribution >= 4 is 28.3 Å². The van der Waals surface area contributed by atoms with Crippen molar-refractivity contribution in [2.45, 2.75) is 44.8 Å². The number of benzene rings is 2. The summed E-state index contributed by atoms with van der Waals surface area (Å²) in [6, 6.07) is 11.7. The van der Waals surface area contributed by atoms with E-state index >= 15 is 0 Å². The molecule has 116 valence electrons. The monoisotopic (exact) mass is 317 g/mol. The minimum absolute atomic E-state index is 0.0501. The molecule has 3 rings (SSSR count). The third kappa shape index (κ3) is 3.20. The van der Waals surface area contributed by atoms with Crippen LogP contribution in [0.1, 0.15) is 32.6 Å². The molecule has 1 aliphatic rings. The molecule has 3 nitrogen and oxygen atoms in total. The van der Waals surface area contributed by atoms with Crippen LogP contribution >= 0.6 is 11.6 Å². The summed E-state index contributed by atoms with van der Waals surface area (Å²) in [4.78, 5) is 12.2. The molecule has 1 saturated carbocycles. The molecular formula is C18H20ClNO2. The number of halogens is 1. The Morgan fingerprint density at radius 2 is 1.86 bits per heavy atom. The molecular weight excluding hydrogens is 298 g/mol. The fourth-order valence-electron chi connectivity index (χ4n) is 2.97. The number of hydrogen-bond acceptors (Lipinski definition) is 2. The van der Waals surface area contributed by atoms with Crippen LogP contribution in [0.2, 0.25) is 5.02 Å². The van der Waals surface area contributed by atoms with E-state index in [1.54, 1.807) is 13.0 Å². The number of nitrogens with one attached hydrogen (secondary N) is 1. The van der Waals surface area contributed by atoms with Crippen molar-refractivity contribution in [3.05, 3.63) is 41.4 Å². The number of rotatable bonds is 4. The lowest BCUT2D eigenvalue weighted by atomic mass is 10.1. The van der Waals surface area contributed by atoms with Crippen molar-refractivity contribution in [3.8, 4) is 5.75 Å². The highest BCUT2D eigenvalue weighted by Crippen LogP contribution is 2.31. The van der Waals surface area contributed by atoms with Gasteiger partial charge in [-0.3, -0.25) is 4.79 Å². The average molecular weight is 318 g/mol. The minimum Gasteiger partial charge on any atom is -0.480 e. The first-order chi connectivity index (χ1) is 10.6. The first-order valence-corrected chi connectivity index (χ1v) is 8.17. The Bertz CT molecular complexity index is 680. The van der Waals surface area contributed by atoms with Gasteiger partial charge < -0.3 is 10.1 Å². The van der Waals surface area contributed by atoms with Gasteiger partial charge in [-0.25, -0.2) is 0 Å². The van der Waals surface area contributed by atoms with E-state index in [0.29, 0.717) is 16.8 Å². The molecule has 0 spiro atoms. The van der Waals surface area contributed by atoms with Crippen molar-refractivity contribution in [3.63, 3.8) is 0 Å². The number of carbonyl (C=O) groups is 1. The third-order valence-corrected chi connectivity index (χ3v) is 4.53. The van der Waals surface area contributed by atoms with Crippen LogP contribution in [0.5, 0.6) is 5.75 Å². The number of carbonyl (C=O) groups excluding carboxylic acids is 1. The lowest BCUT2D eigenvalue weighted by Crippen LogP contribution is -2.41. The normalized spacial score (nSPS) is 16.6. The summed E-state index contributed by atoms with van der Waals surface area (Å²) < 4.78 is 5.88. The first-order valence-electron chi connectivity index (χ1n) is 7.79. The molecule has 4 heteroatoms. The Balaban J connectivity index is 1.75. The summed E-state index contributed by atoms with van der Waals surface area (Å²) in [6.45, 7) is 1.79. The fraction of sp³-hybridized carbons (Fsp3) is 0.389. The van der Waals surface area contributed by atoms with E-state index in [1.807, 2.05) is 30.3 Å². The average Bonchev–Trinajstić information content (AvgIpc) is 3.03. The van der Waals surface area contributed by atoms with E-state index in [1.165, 1.54) is 12.8 Å². The smallest absolute Gasteiger partial charge is 0.260 e. The number of hydrogen-bond donors (Lipinski definition) is 1. The molecule has 0 bridgehead atoms. The van der Waals surface area contributed by atoms with Crippen LogP contribution < -0.4 is 10.1 Å². The molecule has 1 N–H and O–H groups in total. The summed E-state index contributed by atoms with van der Waals surface area (Å²) >= 11 is 6.21. The summed E-state index contributed by atoms with van der Waals surface area (Å²) in [5.74, 6) is 0.639. The second-order valence-electron chi connectivity index (χ2n) is 5.84. The standard InChI is InChI=1S/C18H20ClNO2/c1-12(18(21)20-13-6-2-3-7-13)22-17-11-10-16(19)14-8-4-5-9-15(14)17/h4-5,8-13H,2-3,6-7H2,1H3,(H,20,21)/t12-/m1/s1.